The van der Waals surface area contributed by atoms with Crippen molar-refractivity contribution in [3.63, 3.8) is 0 Å². The quantitative estimate of drug-likeness (QED) is 0.665. The van der Waals surface area contributed by atoms with Crippen LogP contribution in [-0.2, 0) is 9.63 Å². The Morgan fingerprint density at radius 2 is 2.06 bits per heavy atom. The van der Waals surface area contributed by atoms with E-state index in [1.54, 1.807) is 24.3 Å². The number of oxime groups is 1. The minimum atomic E-state index is -1.08. The topological polar surface area (TPSA) is 58.9 Å². The van der Waals surface area contributed by atoms with Gasteiger partial charge in [0.25, 0.3) is 0 Å². The highest BCUT2D eigenvalue weighted by molar-refractivity contribution is 7.11. The van der Waals surface area contributed by atoms with E-state index in [2.05, 4.69) is 5.16 Å². The summed E-state index contributed by atoms with van der Waals surface area (Å²) < 4.78 is 0. The molecule has 0 fully saturated rings. The van der Waals surface area contributed by atoms with Gasteiger partial charge in [0.1, 0.15) is 0 Å². The van der Waals surface area contributed by atoms with Gasteiger partial charge < -0.3 is 9.94 Å². The highest BCUT2D eigenvalue weighted by Crippen LogP contribution is 2.17. The van der Waals surface area contributed by atoms with Crippen molar-refractivity contribution in [3.05, 3.63) is 58.3 Å². The number of carboxylic acid groups (broad SMARTS) is 1. The number of thiophene rings is 1. The van der Waals surface area contributed by atoms with Gasteiger partial charge in [-0.15, -0.1) is 11.3 Å². The van der Waals surface area contributed by atoms with Crippen molar-refractivity contribution < 1.29 is 14.7 Å². The first-order chi connectivity index (χ1) is 8.77. The molecule has 2 rings (SSSR count). The number of nitrogens with zero attached hydrogens (tertiary/aromatic N) is 1. The molecule has 1 atom stereocenters. The van der Waals surface area contributed by atoms with Crippen LogP contribution in [0, 0.1) is 0 Å². The monoisotopic (exact) mass is 261 g/mol. The Hall–Kier alpha value is -2.14. The molecular formula is C13H11NO3S. The molecule has 1 heterocycles. The van der Waals surface area contributed by atoms with E-state index in [9.17, 15) is 4.79 Å². The number of aliphatic carboxylic acids is 1. The van der Waals surface area contributed by atoms with E-state index >= 15 is 0 Å². The molecule has 0 aliphatic rings. The number of carboxylic acids is 1. The highest BCUT2D eigenvalue weighted by Gasteiger charge is 2.21. The lowest BCUT2D eigenvalue weighted by atomic mass is 10.1. The summed E-state index contributed by atoms with van der Waals surface area (Å²) in [6.45, 7) is 0. The second-order valence-corrected chi connectivity index (χ2v) is 4.46. The van der Waals surface area contributed by atoms with Crippen LogP contribution in [0.25, 0.3) is 0 Å². The highest BCUT2D eigenvalue weighted by atomic mass is 32.1. The van der Waals surface area contributed by atoms with Gasteiger partial charge in [-0.3, -0.25) is 0 Å². The normalized spacial score (nSPS) is 12.4. The molecule has 2 aromatic rings. The fourth-order valence-corrected chi connectivity index (χ4v) is 1.96. The number of rotatable bonds is 5. The van der Waals surface area contributed by atoms with Gasteiger partial charge in [0.05, 0.1) is 6.21 Å². The molecule has 0 saturated carbocycles. The van der Waals surface area contributed by atoms with Gasteiger partial charge in [-0.1, -0.05) is 41.6 Å². The zero-order valence-electron chi connectivity index (χ0n) is 9.39. The summed E-state index contributed by atoms with van der Waals surface area (Å²) in [5, 5.41) is 14.7. The Labute approximate surface area is 108 Å². The third-order valence-corrected chi connectivity index (χ3v) is 3.02. The first-order valence-corrected chi connectivity index (χ1v) is 6.16. The van der Waals surface area contributed by atoms with E-state index in [-0.39, 0.29) is 0 Å². The molecule has 1 aromatic heterocycles. The van der Waals surface area contributed by atoms with Crippen LogP contribution >= 0.6 is 11.3 Å². The minimum absolute atomic E-state index is 0.563. The molecule has 0 aliphatic heterocycles. The Balaban J connectivity index is 2.06. The van der Waals surface area contributed by atoms with E-state index in [1.165, 1.54) is 17.6 Å². The van der Waals surface area contributed by atoms with Crippen molar-refractivity contribution >= 4 is 23.5 Å². The molecule has 1 N–H and O–H groups in total. The third-order valence-electron chi connectivity index (χ3n) is 2.22. The molecule has 0 amide bonds. The van der Waals surface area contributed by atoms with E-state index in [0.29, 0.717) is 5.56 Å². The fraction of sp³-hybridized carbons (Fsp3) is 0.0769. The molecule has 0 saturated heterocycles. The lowest BCUT2D eigenvalue weighted by molar-refractivity contribution is -0.150. The van der Waals surface area contributed by atoms with Crippen LogP contribution in [0.1, 0.15) is 16.5 Å². The van der Waals surface area contributed by atoms with Crippen molar-refractivity contribution in [3.8, 4) is 0 Å². The smallest absolute Gasteiger partial charge is 0.352 e. The van der Waals surface area contributed by atoms with Crippen molar-refractivity contribution in [1.82, 2.24) is 0 Å². The number of hydrogen-bond acceptors (Lipinski definition) is 4. The third kappa shape index (κ3) is 3.18. The zero-order valence-corrected chi connectivity index (χ0v) is 10.2. The molecule has 1 aromatic carbocycles. The van der Waals surface area contributed by atoms with Crippen molar-refractivity contribution in [1.29, 1.82) is 0 Å². The predicted octanol–water partition coefficient (Wildman–Crippen LogP) is 2.92. The average Bonchev–Trinajstić information content (AvgIpc) is 2.88. The summed E-state index contributed by atoms with van der Waals surface area (Å²) in [5.74, 6) is -1.07. The lowest BCUT2D eigenvalue weighted by Gasteiger charge is -2.09. The van der Waals surface area contributed by atoms with Crippen LogP contribution in [-0.4, -0.2) is 17.3 Å². The summed E-state index contributed by atoms with van der Waals surface area (Å²) in [6, 6.07) is 12.5. The van der Waals surface area contributed by atoms with E-state index < -0.39 is 12.1 Å². The zero-order chi connectivity index (χ0) is 12.8. The van der Waals surface area contributed by atoms with Crippen LogP contribution in [0.4, 0.5) is 0 Å². The largest absolute Gasteiger partial charge is 0.478 e. The van der Waals surface area contributed by atoms with Crippen molar-refractivity contribution in [2.24, 2.45) is 5.16 Å². The molecule has 0 bridgehead atoms. The molecule has 92 valence electrons. The van der Waals surface area contributed by atoms with E-state index in [4.69, 9.17) is 9.94 Å². The summed E-state index contributed by atoms with van der Waals surface area (Å²) in [7, 11) is 0. The summed E-state index contributed by atoms with van der Waals surface area (Å²) in [4.78, 5) is 17.0. The summed E-state index contributed by atoms with van der Waals surface area (Å²) in [6.07, 6.45) is 0.422. The fourth-order valence-electron chi connectivity index (χ4n) is 1.38. The minimum Gasteiger partial charge on any atom is -0.478 e. The van der Waals surface area contributed by atoms with E-state index in [0.717, 1.165) is 4.88 Å². The van der Waals surface area contributed by atoms with E-state index in [1.807, 2.05) is 23.6 Å². The number of hydrogen-bond donors (Lipinski definition) is 1. The van der Waals surface area contributed by atoms with Crippen molar-refractivity contribution in [2.45, 2.75) is 6.10 Å². The Morgan fingerprint density at radius 1 is 1.28 bits per heavy atom. The maximum atomic E-state index is 11.1. The standard InChI is InChI=1S/C13H11NO3S/c15-13(16)12(10-5-2-1-3-6-10)17-14-9-11-7-4-8-18-11/h1-9,12H,(H,15,16). The van der Waals surface area contributed by atoms with Crippen molar-refractivity contribution in [2.75, 3.05) is 0 Å². The van der Waals surface area contributed by atoms with Gasteiger partial charge in [-0.2, -0.15) is 0 Å². The number of carbonyl (C=O) groups is 1. The molecule has 0 radical (unpaired) electrons. The van der Waals surface area contributed by atoms with Gasteiger partial charge in [0, 0.05) is 10.4 Å². The summed E-state index contributed by atoms with van der Waals surface area (Å²) in [5.41, 5.74) is 0.563. The van der Waals surface area contributed by atoms with Gasteiger partial charge in [0.2, 0.25) is 6.10 Å². The number of benzene rings is 1. The molecule has 5 heteroatoms. The van der Waals surface area contributed by atoms with Crippen LogP contribution in [0.3, 0.4) is 0 Å². The second-order valence-electron chi connectivity index (χ2n) is 3.48. The van der Waals surface area contributed by atoms with Gasteiger partial charge in [-0.05, 0) is 11.4 Å². The molecule has 0 spiro atoms. The maximum Gasteiger partial charge on any atom is 0.352 e. The SMILES string of the molecule is O=C(O)C(ON=Cc1cccs1)c1ccccc1. The first-order valence-electron chi connectivity index (χ1n) is 5.28. The molecule has 18 heavy (non-hydrogen) atoms. The lowest BCUT2D eigenvalue weighted by Crippen LogP contribution is -2.13. The second kappa shape index (κ2) is 5.97. The van der Waals surface area contributed by atoms with Gasteiger partial charge in [-0.25, -0.2) is 4.79 Å². The Morgan fingerprint density at radius 3 is 2.67 bits per heavy atom. The van der Waals surface area contributed by atoms with Crippen LogP contribution in [0.5, 0.6) is 0 Å². The molecular weight excluding hydrogens is 250 g/mol. The predicted molar refractivity (Wildman–Crippen MR) is 69.8 cm³/mol. The molecule has 0 aliphatic carbocycles. The van der Waals surface area contributed by atoms with Crippen LogP contribution in [0.2, 0.25) is 0 Å². The maximum absolute atomic E-state index is 11.1. The molecule has 1 unspecified atom stereocenters. The van der Waals surface area contributed by atoms with Gasteiger partial charge in [0.15, 0.2) is 0 Å². The van der Waals surface area contributed by atoms with Crippen LogP contribution < -0.4 is 0 Å². The Bertz CT molecular complexity index is 522. The summed E-state index contributed by atoms with van der Waals surface area (Å²) >= 11 is 1.50. The Kier molecular flexibility index (Phi) is 4.09. The van der Waals surface area contributed by atoms with Crippen LogP contribution in [0.15, 0.2) is 53.0 Å². The first kappa shape index (κ1) is 12.3. The van der Waals surface area contributed by atoms with Gasteiger partial charge >= 0.3 is 5.97 Å². The average molecular weight is 261 g/mol. The molecule has 4 nitrogen and oxygen atoms in total.